The molecule has 0 unspecified atom stereocenters. The molecular weight excluding hydrogens is 214 g/mol. The molecule has 1 heterocycles. The summed E-state index contributed by atoms with van der Waals surface area (Å²) in [5.74, 6) is -2.51. The van der Waals surface area contributed by atoms with Crippen LogP contribution in [-0.2, 0) is 16.2 Å². The van der Waals surface area contributed by atoms with Crippen LogP contribution in [0.4, 0.5) is 0 Å². The van der Waals surface area contributed by atoms with Gasteiger partial charge in [-0.2, -0.15) is 0 Å². The zero-order valence-corrected chi connectivity index (χ0v) is 8.28. The molecule has 0 aliphatic heterocycles. The first-order valence-corrected chi connectivity index (χ1v) is 4.20. The van der Waals surface area contributed by atoms with Crippen molar-refractivity contribution >= 4 is 11.9 Å². The first kappa shape index (κ1) is 13.8. The normalized spacial score (nSPS) is 9.31. The Labute approximate surface area is 91.5 Å². The van der Waals surface area contributed by atoms with Gasteiger partial charge in [0.15, 0.2) is 0 Å². The molecule has 6 nitrogen and oxygen atoms in total. The summed E-state index contributed by atoms with van der Waals surface area (Å²) in [7, 11) is 0. The Hall–Kier alpha value is -2.21. The number of aliphatic hydroxyl groups is 1. The van der Waals surface area contributed by atoms with Crippen molar-refractivity contribution in [2.75, 3.05) is 0 Å². The van der Waals surface area contributed by atoms with Gasteiger partial charge in [0.1, 0.15) is 0 Å². The Bertz CT molecular complexity index is 345. The topological polar surface area (TPSA) is 108 Å². The van der Waals surface area contributed by atoms with E-state index in [9.17, 15) is 9.59 Å². The summed E-state index contributed by atoms with van der Waals surface area (Å²) in [4.78, 5) is 22.9. The summed E-state index contributed by atoms with van der Waals surface area (Å²) < 4.78 is 0. The first-order valence-electron chi connectivity index (χ1n) is 4.20. The van der Waals surface area contributed by atoms with Crippen LogP contribution in [0, 0.1) is 0 Å². The highest BCUT2D eigenvalue weighted by Gasteiger charge is 1.88. The van der Waals surface area contributed by atoms with E-state index in [1.165, 1.54) is 0 Å². The summed E-state index contributed by atoms with van der Waals surface area (Å²) in [6.45, 7) is 0.0772. The Morgan fingerprint density at radius 2 is 1.81 bits per heavy atom. The Kier molecular flexibility index (Phi) is 7.00. The number of aromatic nitrogens is 1. The van der Waals surface area contributed by atoms with Crippen LogP contribution < -0.4 is 0 Å². The number of hydrogen-bond acceptors (Lipinski definition) is 4. The summed E-state index contributed by atoms with van der Waals surface area (Å²) in [5.41, 5.74) is 0.854. The van der Waals surface area contributed by atoms with Crippen molar-refractivity contribution in [3.63, 3.8) is 0 Å². The van der Waals surface area contributed by atoms with Gasteiger partial charge in [0, 0.05) is 24.5 Å². The highest BCUT2D eigenvalue weighted by atomic mass is 16.4. The van der Waals surface area contributed by atoms with Crippen molar-refractivity contribution in [3.8, 4) is 0 Å². The highest BCUT2D eigenvalue weighted by Crippen LogP contribution is 1.92. The van der Waals surface area contributed by atoms with Crippen LogP contribution in [0.2, 0.25) is 0 Å². The maximum atomic E-state index is 9.55. The molecule has 0 radical (unpaired) electrons. The number of aliphatic hydroxyl groups excluding tert-OH is 1. The lowest BCUT2D eigenvalue weighted by Gasteiger charge is -1.88. The maximum absolute atomic E-state index is 9.55. The molecule has 0 fully saturated rings. The van der Waals surface area contributed by atoms with Gasteiger partial charge in [-0.05, 0) is 11.6 Å². The summed E-state index contributed by atoms with van der Waals surface area (Å²) in [6, 6.07) is 3.62. The van der Waals surface area contributed by atoms with E-state index in [1.54, 1.807) is 18.5 Å². The fourth-order valence-corrected chi connectivity index (χ4v) is 0.634. The lowest BCUT2D eigenvalue weighted by atomic mass is 10.3. The lowest BCUT2D eigenvalue weighted by molar-refractivity contribution is -0.134. The molecule has 0 aromatic carbocycles. The van der Waals surface area contributed by atoms with Gasteiger partial charge in [-0.3, -0.25) is 4.98 Å². The van der Waals surface area contributed by atoms with Crippen molar-refractivity contribution in [2.24, 2.45) is 0 Å². The molecule has 6 heteroatoms. The lowest BCUT2D eigenvalue weighted by Crippen LogP contribution is -1.91. The monoisotopic (exact) mass is 225 g/mol. The van der Waals surface area contributed by atoms with Crippen molar-refractivity contribution in [1.82, 2.24) is 4.98 Å². The van der Waals surface area contributed by atoms with E-state index >= 15 is 0 Å². The second-order valence-electron chi connectivity index (χ2n) is 2.53. The second-order valence-corrected chi connectivity index (χ2v) is 2.53. The minimum Gasteiger partial charge on any atom is -0.478 e. The standard InChI is InChI=1S/C6H7NO.C4H4O4/c8-5-6-2-1-3-7-4-6;5-3(6)1-2-4(7)8/h1-4,8H,5H2;1-2H,(H,5,6)(H,7,8)/b;2-1-. The molecule has 0 saturated carbocycles. The van der Waals surface area contributed by atoms with Crippen molar-refractivity contribution in [3.05, 3.63) is 42.2 Å². The third-order valence-corrected chi connectivity index (χ3v) is 1.27. The van der Waals surface area contributed by atoms with Crippen molar-refractivity contribution < 1.29 is 24.9 Å². The van der Waals surface area contributed by atoms with E-state index in [2.05, 4.69) is 4.98 Å². The predicted molar refractivity (Wildman–Crippen MR) is 54.6 cm³/mol. The number of aliphatic carboxylic acids is 2. The van der Waals surface area contributed by atoms with Gasteiger partial charge in [-0.15, -0.1) is 0 Å². The van der Waals surface area contributed by atoms with E-state index in [-0.39, 0.29) is 6.61 Å². The van der Waals surface area contributed by atoms with Crippen LogP contribution in [0.15, 0.2) is 36.7 Å². The molecule has 1 aromatic rings. The van der Waals surface area contributed by atoms with Gasteiger partial charge in [0.25, 0.3) is 0 Å². The van der Waals surface area contributed by atoms with Crippen molar-refractivity contribution in [2.45, 2.75) is 6.61 Å². The summed E-state index contributed by atoms with van der Waals surface area (Å²) in [5, 5.41) is 24.1. The number of nitrogens with zero attached hydrogens (tertiary/aromatic N) is 1. The number of carboxylic acid groups (broad SMARTS) is 2. The molecule has 0 amide bonds. The largest absolute Gasteiger partial charge is 0.478 e. The fraction of sp³-hybridized carbons (Fsp3) is 0.100. The third-order valence-electron chi connectivity index (χ3n) is 1.27. The Morgan fingerprint density at radius 3 is 2.06 bits per heavy atom. The van der Waals surface area contributed by atoms with E-state index < -0.39 is 11.9 Å². The molecule has 0 aliphatic rings. The average Bonchev–Trinajstić information content (AvgIpc) is 2.28. The molecule has 0 aliphatic carbocycles. The number of carboxylic acids is 2. The minimum atomic E-state index is -1.26. The van der Waals surface area contributed by atoms with E-state index in [1.807, 2.05) is 6.07 Å². The smallest absolute Gasteiger partial charge is 0.328 e. The molecular formula is C10H11NO5. The van der Waals surface area contributed by atoms with Gasteiger partial charge in [-0.1, -0.05) is 6.07 Å². The SMILES string of the molecule is O=C(O)/C=C\C(=O)O.OCc1cccnc1. The molecule has 3 N–H and O–H groups in total. The van der Waals surface area contributed by atoms with Crippen molar-refractivity contribution in [1.29, 1.82) is 0 Å². The summed E-state index contributed by atoms with van der Waals surface area (Å²) >= 11 is 0. The second kappa shape index (κ2) is 8.13. The van der Waals surface area contributed by atoms with Gasteiger partial charge in [0.2, 0.25) is 0 Å². The number of rotatable bonds is 3. The molecule has 16 heavy (non-hydrogen) atoms. The molecule has 0 atom stereocenters. The molecule has 86 valence electrons. The quantitative estimate of drug-likeness (QED) is 0.638. The number of carbonyl (C=O) groups is 2. The minimum absolute atomic E-state index is 0.0772. The van der Waals surface area contributed by atoms with Crippen LogP contribution in [0.5, 0.6) is 0 Å². The zero-order chi connectivity index (χ0) is 12.4. The third kappa shape index (κ3) is 8.39. The number of hydrogen-bond donors (Lipinski definition) is 3. The van der Waals surface area contributed by atoms with Gasteiger partial charge < -0.3 is 15.3 Å². The van der Waals surface area contributed by atoms with Crippen LogP contribution in [0.3, 0.4) is 0 Å². The number of pyridine rings is 1. The molecule has 0 saturated heterocycles. The summed E-state index contributed by atoms with van der Waals surface area (Å²) in [6.07, 6.45) is 4.43. The highest BCUT2D eigenvalue weighted by molar-refractivity contribution is 5.89. The van der Waals surface area contributed by atoms with Crippen LogP contribution in [0.1, 0.15) is 5.56 Å². The molecule has 1 rings (SSSR count). The van der Waals surface area contributed by atoms with Gasteiger partial charge in [-0.25, -0.2) is 9.59 Å². The van der Waals surface area contributed by atoms with Crippen LogP contribution in [0.25, 0.3) is 0 Å². The Balaban J connectivity index is 0.000000281. The van der Waals surface area contributed by atoms with Gasteiger partial charge >= 0.3 is 11.9 Å². The molecule has 0 bridgehead atoms. The van der Waals surface area contributed by atoms with E-state index in [0.717, 1.165) is 5.56 Å². The first-order chi connectivity index (χ1) is 7.56. The maximum Gasteiger partial charge on any atom is 0.328 e. The zero-order valence-electron chi connectivity index (χ0n) is 8.28. The van der Waals surface area contributed by atoms with Crippen LogP contribution in [-0.4, -0.2) is 32.2 Å². The predicted octanol–water partition coefficient (Wildman–Crippen LogP) is 0.286. The average molecular weight is 225 g/mol. The Morgan fingerprint density at radius 1 is 1.25 bits per heavy atom. The van der Waals surface area contributed by atoms with Gasteiger partial charge in [0.05, 0.1) is 6.61 Å². The molecule has 1 aromatic heterocycles. The molecule has 0 spiro atoms. The van der Waals surface area contributed by atoms with E-state index in [4.69, 9.17) is 15.3 Å². The fourth-order valence-electron chi connectivity index (χ4n) is 0.634. The van der Waals surface area contributed by atoms with E-state index in [0.29, 0.717) is 12.2 Å². The van der Waals surface area contributed by atoms with Crippen LogP contribution >= 0.6 is 0 Å².